The minimum Gasteiger partial charge on any atom is -0.381 e. The van der Waals surface area contributed by atoms with Gasteiger partial charge in [-0.2, -0.15) is 13.2 Å². The number of Topliss-reactive ketones (excluding diaryl/α,β-unsaturated/α-hetero) is 2. The highest BCUT2D eigenvalue weighted by Gasteiger charge is 2.41. The Morgan fingerprint density at radius 2 is 1.86 bits per heavy atom. The Labute approximate surface area is 217 Å². The molecule has 2 fully saturated rings. The number of aliphatic hydroxyl groups is 1. The van der Waals surface area contributed by atoms with Crippen LogP contribution in [0.15, 0.2) is 29.3 Å². The van der Waals surface area contributed by atoms with Crippen molar-refractivity contribution in [1.29, 1.82) is 0 Å². The molecule has 1 aromatic rings. The van der Waals surface area contributed by atoms with Crippen LogP contribution >= 0.6 is 11.3 Å². The van der Waals surface area contributed by atoms with Crippen LogP contribution in [0.3, 0.4) is 0 Å². The molecule has 0 radical (unpaired) electrons. The number of sulfone groups is 1. The average Bonchev–Trinajstić information content (AvgIpc) is 3.63. The molecule has 0 aromatic carbocycles. The number of hydrogen-bond donors (Lipinski definition) is 1. The van der Waals surface area contributed by atoms with Crippen LogP contribution in [0.25, 0.3) is 0 Å². The lowest BCUT2D eigenvalue weighted by Gasteiger charge is -2.30. The molecule has 37 heavy (non-hydrogen) atoms. The van der Waals surface area contributed by atoms with E-state index in [1.807, 2.05) is 0 Å². The van der Waals surface area contributed by atoms with Gasteiger partial charge in [0.05, 0.1) is 15.0 Å². The predicted octanol–water partition coefficient (Wildman–Crippen LogP) is 4.74. The molecule has 2 aliphatic carbocycles. The summed E-state index contributed by atoms with van der Waals surface area (Å²) in [6, 6.07) is 0. The number of rotatable bonds is 11. The van der Waals surface area contributed by atoms with Crippen molar-refractivity contribution in [3.8, 4) is 0 Å². The Balaban J connectivity index is 1.41. The number of alkyl halides is 3. The molecular weight excluding hydrogens is 531 g/mol. The number of ether oxygens (including phenoxy) is 1. The van der Waals surface area contributed by atoms with Gasteiger partial charge >= 0.3 is 6.18 Å². The smallest absolute Gasteiger partial charge is 0.381 e. The molecule has 1 saturated heterocycles. The van der Waals surface area contributed by atoms with Crippen molar-refractivity contribution in [2.75, 3.05) is 13.2 Å². The minimum atomic E-state index is -4.86. The maximum atomic E-state index is 13.3. The molecule has 1 aromatic heterocycles. The Bertz CT molecular complexity index is 1160. The molecule has 7 nitrogen and oxygen atoms in total. The Kier molecular flexibility index (Phi) is 8.72. The Morgan fingerprint density at radius 3 is 2.46 bits per heavy atom. The number of carbonyl (C=O) groups is 2. The molecule has 1 N–H and O–H groups in total. The zero-order valence-electron chi connectivity index (χ0n) is 20.2. The first kappa shape index (κ1) is 28.1. The maximum absolute atomic E-state index is 13.3. The van der Waals surface area contributed by atoms with E-state index in [4.69, 9.17) is 4.74 Å². The lowest BCUT2D eigenvalue weighted by atomic mass is 9.76. The molecule has 2 heterocycles. The third kappa shape index (κ3) is 6.96. The number of nitrogens with zero attached hydrogens (tertiary/aromatic N) is 1. The summed E-state index contributed by atoms with van der Waals surface area (Å²) < 4.78 is 68.8. The maximum Gasteiger partial charge on any atom is 0.419 e. The second-order valence-electron chi connectivity index (χ2n) is 9.91. The molecule has 3 atom stereocenters. The van der Waals surface area contributed by atoms with E-state index in [0.29, 0.717) is 55.1 Å². The van der Waals surface area contributed by atoms with Crippen LogP contribution in [-0.2, 0) is 19.4 Å². The van der Waals surface area contributed by atoms with Gasteiger partial charge in [0.1, 0.15) is 5.78 Å². The molecule has 0 spiro atoms. The van der Waals surface area contributed by atoms with Crippen LogP contribution in [0.5, 0.6) is 0 Å². The van der Waals surface area contributed by atoms with Gasteiger partial charge in [-0.05, 0) is 56.4 Å². The van der Waals surface area contributed by atoms with E-state index in [0.717, 1.165) is 19.0 Å². The van der Waals surface area contributed by atoms with Gasteiger partial charge in [0.15, 0.2) is 26.7 Å². The highest BCUT2D eigenvalue weighted by atomic mass is 32.2. The number of ketones is 2. The monoisotopic (exact) mass is 561 g/mol. The summed E-state index contributed by atoms with van der Waals surface area (Å²) in [7, 11) is -3.32. The van der Waals surface area contributed by atoms with Crippen molar-refractivity contribution < 1.29 is 41.0 Å². The molecule has 0 bridgehead atoms. The van der Waals surface area contributed by atoms with E-state index in [9.17, 15) is 36.3 Å². The number of allylic oxidation sites excluding steroid dienone is 3. The molecule has 0 amide bonds. The van der Waals surface area contributed by atoms with Gasteiger partial charge in [-0.25, -0.2) is 13.4 Å². The van der Waals surface area contributed by atoms with E-state index in [-0.39, 0.29) is 40.7 Å². The predicted molar refractivity (Wildman–Crippen MR) is 131 cm³/mol. The summed E-state index contributed by atoms with van der Waals surface area (Å²) in [4.78, 5) is 29.4. The van der Waals surface area contributed by atoms with E-state index in [1.165, 1.54) is 0 Å². The van der Waals surface area contributed by atoms with E-state index in [2.05, 4.69) is 4.98 Å². The van der Waals surface area contributed by atoms with Crippen LogP contribution in [-0.4, -0.2) is 54.7 Å². The van der Waals surface area contributed by atoms with Crippen molar-refractivity contribution in [3.63, 3.8) is 0 Å². The average molecular weight is 562 g/mol. The standard InChI is InChI=1S/C25H30F3NO6S2/c26-25(27,28)23(32)22-14-29-24(36-22)21(31)8-7-20(30)19(13-15-9-11-35-12-10-15)16-1-3-17(4-2-16)37(33,34)18-5-6-18/h1,3-4,14-16,18-19,23,32H,2,5-13H2. The summed E-state index contributed by atoms with van der Waals surface area (Å²) in [6.45, 7) is 1.23. The van der Waals surface area contributed by atoms with Gasteiger partial charge in [0.25, 0.3) is 0 Å². The number of aromatic nitrogens is 1. The quantitative estimate of drug-likeness (QED) is 0.389. The topological polar surface area (TPSA) is 111 Å². The largest absolute Gasteiger partial charge is 0.419 e. The highest BCUT2D eigenvalue weighted by molar-refractivity contribution is 7.96. The van der Waals surface area contributed by atoms with Crippen LogP contribution in [0.1, 0.15) is 72.1 Å². The van der Waals surface area contributed by atoms with Gasteiger partial charge in [-0.15, -0.1) is 11.3 Å². The first-order valence-corrected chi connectivity index (χ1v) is 14.8. The molecule has 204 valence electrons. The Morgan fingerprint density at radius 1 is 1.16 bits per heavy atom. The molecule has 1 saturated carbocycles. The molecule has 12 heteroatoms. The van der Waals surface area contributed by atoms with E-state index in [1.54, 1.807) is 18.2 Å². The molecule has 3 unspecified atom stereocenters. The summed E-state index contributed by atoms with van der Waals surface area (Å²) in [5, 5.41) is 8.88. The third-order valence-corrected chi connectivity index (χ3v) is 10.6. The van der Waals surface area contributed by atoms with Crippen LogP contribution in [0.4, 0.5) is 13.2 Å². The summed E-state index contributed by atoms with van der Waals surface area (Å²) in [6.07, 6.45) is 2.05. The van der Waals surface area contributed by atoms with Crippen molar-refractivity contribution in [1.82, 2.24) is 4.98 Å². The van der Waals surface area contributed by atoms with Crippen molar-refractivity contribution in [2.24, 2.45) is 17.8 Å². The Hall–Kier alpha value is -1.89. The van der Waals surface area contributed by atoms with Gasteiger partial charge < -0.3 is 9.84 Å². The van der Waals surface area contributed by atoms with Gasteiger partial charge in [-0.1, -0.05) is 12.2 Å². The number of hydrogen-bond acceptors (Lipinski definition) is 8. The highest BCUT2D eigenvalue weighted by Crippen LogP contribution is 2.39. The van der Waals surface area contributed by atoms with Crippen LogP contribution < -0.4 is 0 Å². The zero-order valence-corrected chi connectivity index (χ0v) is 21.8. The first-order chi connectivity index (χ1) is 17.5. The van der Waals surface area contributed by atoms with Crippen molar-refractivity contribution >= 4 is 32.7 Å². The van der Waals surface area contributed by atoms with Gasteiger partial charge in [0, 0.05) is 38.2 Å². The second-order valence-corrected chi connectivity index (χ2v) is 13.2. The van der Waals surface area contributed by atoms with Crippen molar-refractivity contribution in [2.45, 2.75) is 68.9 Å². The summed E-state index contributed by atoms with van der Waals surface area (Å²) in [5.41, 5.74) is 0. The van der Waals surface area contributed by atoms with E-state index >= 15 is 0 Å². The minimum absolute atomic E-state index is 0.0925. The number of thiazole rings is 1. The van der Waals surface area contributed by atoms with Crippen LogP contribution in [0.2, 0.25) is 0 Å². The molecular formula is C25H30F3NO6S2. The van der Waals surface area contributed by atoms with Gasteiger partial charge in [0.2, 0.25) is 0 Å². The number of halogens is 3. The summed E-state index contributed by atoms with van der Waals surface area (Å²) in [5.74, 6) is -1.02. The molecule has 3 aliphatic rings. The van der Waals surface area contributed by atoms with Gasteiger partial charge in [-0.3, -0.25) is 9.59 Å². The fourth-order valence-electron chi connectivity index (χ4n) is 4.82. The zero-order chi connectivity index (χ0) is 26.8. The van der Waals surface area contributed by atoms with Crippen molar-refractivity contribution in [3.05, 3.63) is 39.2 Å². The SMILES string of the molecule is O=C(CCC(=O)C(CC1CCOCC1)C1C=CC(S(=O)(=O)C2CC2)=CC1)c1ncc(C(O)C(F)(F)F)s1. The number of carbonyl (C=O) groups excluding carboxylic acids is 2. The number of aliphatic hydroxyl groups excluding tert-OH is 1. The third-order valence-electron chi connectivity index (χ3n) is 7.19. The normalized spacial score (nSPS) is 22.9. The fourth-order valence-corrected chi connectivity index (χ4v) is 7.45. The lowest BCUT2D eigenvalue weighted by molar-refractivity contribution is -0.205. The van der Waals surface area contributed by atoms with E-state index < -0.39 is 38.7 Å². The summed E-state index contributed by atoms with van der Waals surface area (Å²) >= 11 is 0.471. The van der Waals surface area contributed by atoms with Crippen LogP contribution in [0, 0.1) is 17.8 Å². The molecule has 4 rings (SSSR count). The first-order valence-electron chi connectivity index (χ1n) is 12.4. The second kappa shape index (κ2) is 11.5. The lowest BCUT2D eigenvalue weighted by Crippen LogP contribution is -2.29. The fraction of sp³-hybridized carbons (Fsp3) is 0.640. The molecule has 1 aliphatic heterocycles.